The van der Waals surface area contributed by atoms with Crippen LogP contribution in [0.5, 0.6) is 11.5 Å². The second kappa shape index (κ2) is 11.4. The number of piperidine rings is 1. The van der Waals surface area contributed by atoms with Gasteiger partial charge in [0.1, 0.15) is 5.82 Å². The summed E-state index contributed by atoms with van der Waals surface area (Å²) in [6.07, 6.45) is 3.12. The van der Waals surface area contributed by atoms with Gasteiger partial charge in [0.25, 0.3) is 5.56 Å². The highest BCUT2D eigenvalue weighted by Gasteiger charge is 2.24. The number of methoxy groups -OCH3 is 2. The number of carbonyl (C=O) groups is 1. The number of ether oxygens (including phenoxy) is 2. The number of benzene rings is 2. The van der Waals surface area contributed by atoms with Crippen LogP contribution in [0.4, 0.5) is 0 Å². The Labute approximate surface area is 205 Å². The van der Waals surface area contributed by atoms with E-state index in [1.807, 2.05) is 22.8 Å². The van der Waals surface area contributed by atoms with Gasteiger partial charge < -0.3 is 19.4 Å². The van der Waals surface area contributed by atoms with Gasteiger partial charge in [-0.3, -0.25) is 14.5 Å². The van der Waals surface area contributed by atoms with E-state index in [0.717, 1.165) is 32.4 Å². The van der Waals surface area contributed by atoms with Crippen molar-refractivity contribution in [2.45, 2.75) is 32.7 Å². The van der Waals surface area contributed by atoms with Crippen molar-refractivity contribution in [2.75, 3.05) is 40.4 Å². The standard InChI is InChI=1S/C27H34N4O4/c1-4-30(17-25-28-22-16-24(35-3)23(34-2)15-21(22)27(33)29-25)18-26(32)31-12-10-20(11-13-31)14-19-8-6-5-7-9-19/h5-9,15-16,20H,4,10-14,17-18H2,1-3H3,(H,28,29,33). The Bertz CT molecular complexity index is 1200. The van der Waals surface area contributed by atoms with Crippen LogP contribution in [0.1, 0.15) is 31.2 Å². The molecule has 0 bridgehead atoms. The molecule has 1 aliphatic heterocycles. The maximum Gasteiger partial charge on any atom is 0.258 e. The zero-order chi connectivity index (χ0) is 24.8. The summed E-state index contributed by atoms with van der Waals surface area (Å²) < 4.78 is 10.6. The van der Waals surface area contributed by atoms with E-state index in [1.165, 1.54) is 12.7 Å². The van der Waals surface area contributed by atoms with Gasteiger partial charge >= 0.3 is 0 Å². The van der Waals surface area contributed by atoms with Crippen molar-refractivity contribution in [1.82, 2.24) is 19.8 Å². The number of nitrogens with one attached hydrogen (secondary N) is 1. The van der Waals surface area contributed by atoms with Gasteiger partial charge in [-0.15, -0.1) is 0 Å². The monoisotopic (exact) mass is 478 g/mol. The van der Waals surface area contributed by atoms with Gasteiger partial charge in [0.05, 0.1) is 38.2 Å². The first-order valence-electron chi connectivity index (χ1n) is 12.2. The molecular weight excluding hydrogens is 444 g/mol. The maximum absolute atomic E-state index is 13.0. The number of likely N-dealkylation sites (tertiary alicyclic amines) is 1. The van der Waals surface area contributed by atoms with Crippen molar-refractivity contribution in [3.8, 4) is 11.5 Å². The molecule has 3 aromatic rings. The summed E-state index contributed by atoms with van der Waals surface area (Å²) in [6.45, 7) is 4.94. The first-order valence-corrected chi connectivity index (χ1v) is 12.2. The Kier molecular flexibility index (Phi) is 8.02. The number of nitrogens with zero attached hydrogens (tertiary/aromatic N) is 3. The van der Waals surface area contributed by atoms with Gasteiger partial charge in [-0.1, -0.05) is 37.3 Å². The van der Waals surface area contributed by atoms with Crippen molar-refractivity contribution >= 4 is 16.8 Å². The van der Waals surface area contributed by atoms with Gasteiger partial charge in [0.2, 0.25) is 5.91 Å². The smallest absolute Gasteiger partial charge is 0.258 e. The number of carbonyl (C=O) groups excluding carboxylic acids is 1. The van der Waals surface area contributed by atoms with E-state index in [4.69, 9.17) is 9.47 Å². The topological polar surface area (TPSA) is 87.8 Å². The van der Waals surface area contributed by atoms with Crippen LogP contribution in [-0.2, 0) is 17.8 Å². The minimum absolute atomic E-state index is 0.125. The highest BCUT2D eigenvalue weighted by molar-refractivity contribution is 5.82. The van der Waals surface area contributed by atoms with Crippen molar-refractivity contribution in [2.24, 2.45) is 5.92 Å². The molecule has 2 aromatic carbocycles. The molecule has 8 heteroatoms. The lowest BCUT2D eigenvalue weighted by Gasteiger charge is -2.33. The number of fused-ring (bicyclic) bond motifs is 1. The molecule has 35 heavy (non-hydrogen) atoms. The fourth-order valence-electron chi connectivity index (χ4n) is 4.71. The van der Waals surface area contributed by atoms with E-state index in [2.05, 4.69) is 34.2 Å². The SMILES string of the molecule is CCN(CC(=O)N1CCC(Cc2ccccc2)CC1)Cc1nc2cc(OC)c(OC)cc2c(=O)[nH]1. The maximum atomic E-state index is 13.0. The number of aromatic nitrogens is 2. The van der Waals surface area contributed by atoms with Crippen LogP contribution >= 0.6 is 0 Å². The molecule has 4 rings (SSSR count). The molecule has 0 atom stereocenters. The summed E-state index contributed by atoms with van der Waals surface area (Å²) >= 11 is 0. The Morgan fingerprint density at radius 1 is 1.11 bits per heavy atom. The zero-order valence-electron chi connectivity index (χ0n) is 20.8. The van der Waals surface area contributed by atoms with Crippen molar-refractivity contribution in [3.63, 3.8) is 0 Å². The Balaban J connectivity index is 1.37. The summed E-state index contributed by atoms with van der Waals surface area (Å²) in [5, 5.41) is 0.434. The molecule has 0 saturated carbocycles. The molecular formula is C27H34N4O4. The minimum atomic E-state index is -0.242. The fourth-order valence-corrected chi connectivity index (χ4v) is 4.71. The molecule has 0 spiro atoms. The number of hydrogen-bond donors (Lipinski definition) is 1. The van der Waals surface area contributed by atoms with Crippen molar-refractivity contribution in [1.29, 1.82) is 0 Å². The van der Waals surface area contributed by atoms with Gasteiger partial charge in [-0.25, -0.2) is 4.98 Å². The Morgan fingerprint density at radius 2 is 1.80 bits per heavy atom. The largest absolute Gasteiger partial charge is 0.493 e. The van der Waals surface area contributed by atoms with Crippen LogP contribution in [0.25, 0.3) is 10.9 Å². The Morgan fingerprint density at radius 3 is 2.46 bits per heavy atom. The zero-order valence-corrected chi connectivity index (χ0v) is 20.8. The third-order valence-corrected chi connectivity index (χ3v) is 6.77. The van der Waals surface area contributed by atoms with Gasteiger partial charge in [0, 0.05) is 19.2 Å². The lowest BCUT2D eigenvalue weighted by atomic mass is 9.90. The number of aromatic amines is 1. The molecule has 1 N–H and O–H groups in total. The predicted molar refractivity (Wildman–Crippen MR) is 136 cm³/mol. The van der Waals surface area contributed by atoms with Crippen LogP contribution in [0.3, 0.4) is 0 Å². The molecule has 0 unspecified atom stereocenters. The minimum Gasteiger partial charge on any atom is -0.493 e. The first-order chi connectivity index (χ1) is 17.0. The third kappa shape index (κ3) is 6.00. The average Bonchev–Trinajstić information content (AvgIpc) is 2.88. The van der Waals surface area contributed by atoms with E-state index in [0.29, 0.717) is 53.8 Å². The number of hydrogen-bond acceptors (Lipinski definition) is 6. The van der Waals surface area contributed by atoms with Crippen LogP contribution in [0, 0.1) is 5.92 Å². The molecule has 2 heterocycles. The summed E-state index contributed by atoms with van der Waals surface area (Å²) in [5.74, 6) is 2.26. The molecule has 0 radical (unpaired) electrons. The van der Waals surface area contributed by atoms with E-state index in [-0.39, 0.29) is 11.5 Å². The van der Waals surface area contributed by atoms with E-state index in [9.17, 15) is 9.59 Å². The summed E-state index contributed by atoms with van der Waals surface area (Å²) in [6, 6.07) is 13.9. The normalized spacial score (nSPS) is 14.5. The lowest BCUT2D eigenvalue weighted by molar-refractivity contribution is -0.133. The average molecular weight is 479 g/mol. The van der Waals surface area contributed by atoms with E-state index in [1.54, 1.807) is 19.2 Å². The Hall–Kier alpha value is -3.39. The molecule has 1 fully saturated rings. The van der Waals surface area contributed by atoms with Crippen molar-refractivity contribution in [3.05, 3.63) is 64.2 Å². The summed E-state index contributed by atoms with van der Waals surface area (Å²) in [4.78, 5) is 37.1. The molecule has 1 aromatic heterocycles. The molecule has 1 amide bonds. The fraction of sp³-hybridized carbons (Fsp3) is 0.444. The van der Waals surface area contributed by atoms with Crippen LogP contribution in [0.15, 0.2) is 47.3 Å². The summed E-state index contributed by atoms with van der Waals surface area (Å²) in [7, 11) is 3.08. The number of rotatable bonds is 9. The lowest BCUT2D eigenvalue weighted by Crippen LogP contribution is -2.44. The number of likely N-dealkylation sites (N-methyl/N-ethyl adjacent to an activating group) is 1. The second-order valence-electron chi connectivity index (χ2n) is 9.05. The van der Waals surface area contributed by atoms with Gasteiger partial charge in [-0.2, -0.15) is 0 Å². The van der Waals surface area contributed by atoms with Crippen LogP contribution < -0.4 is 15.0 Å². The molecule has 1 saturated heterocycles. The van der Waals surface area contributed by atoms with E-state index < -0.39 is 0 Å². The number of H-pyrrole nitrogens is 1. The quantitative estimate of drug-likeness (QED) is 0.508. The molecule has 0 aliphatic carbocycles. The van der Waals surface area contributed by atoms with Crippen LogP contribution in [0.2, 0.25) is 0 Å². The highest BCUT2D eigenvalue weighted by atomic mass is 16.5. The third-order valence-electron chi connectivity index (χ3n) is 6.77. The first kappa shape index (κ1) is 24.7. The second-order valence-corrected chi connectivity index (χ2v) is 9.05. The number of amides is 1. The molecule has 1 aliphatic rings. The van der Waals surface area contributed by atoms with Gasteiger partial charge in [0.15, 0.2) is 11.5 Å². The van der Waals surface area contributed by atoms with Crippen LogP contribution in [-0.4, -0.2) is 66.1 Å². The summed E-state index contributed by atoms with van der Waals surface area (Å²) in [5.41, 5.74) is 1.65. The van der Waals surface area contributed by atoms with Crippen molar-refractivity contribution < 1.29 is 14.3 Å². The predicted octanol–water partition coefficient (Wildman–Crippen LogP) is 3.24. The van der Waals surface area contributed by atoms with E-state index >= 15 is 0 Å². The highest BCUT2D eigenvalue weighted by Crippen LogP contribution is 2.30. The molecule has 186 valence electrons. The van der Waals surface area contributed by atoms with Gasteiger partial charge in [-0.05, 0) is 43.4 Å². The molecule has 8 nitrogen and oxygen atoms in total.